The second kappa shape index (κ2) is 7.98. The standard InChI is InChI=1S/C22H35BN2O3/c1-21(2)22(3,4)28-23(27-21)19-8-9-20(25-12-14-26-15-13-25)18(16-19)17-24-10-6-5-7-11-24/h8-9,16H,5-7,10-15,17H2,1-4H3. The van der Waals surface area contributed by atoms with E-state index < -0.39 is 0 Å². The van der Waals surface area contributed by atoms with Crippen LogP contribution >= 0.6 is 0 Å². The van der Waals surface area contributed by atoms with Crippen LogP contribution in [0.2, 0.25) is 0 Å². The molecule has 3 saturated heterocycles. The predicted molar refractivity (Wildman–Crippen MR) is 114 cm³/mol. The first kappa shape index (κ1) is 20.2. The van der Waals surface area contributed by atoms with Gasteiger partial charge < -0.3 is 18.9 Å². The summed E-state index contributed by atoms with van der Waals surface area (Å²) < 4.78 is 18.2. The maximum atomic E-state index is 6.31. The first-order chi connectivity index (χ1) is 13.4. The van der Waals surface area contributed by atoms with Crippen LogP contribution < -0.4 is 10.4 Å². The Kier molecular flexibility index (Phi) is 5.76. The molecule has 0 bridgehead atoms. The average Bonchev–Trinajstić information content (AvgIpc) is 2.91. The highest BCUT2D eigenvalue weighted by atomic mass is 16.7. The molecule has 3 heterocycles. The van der Waals surface area contributed by atoms with E-state index in [1.165, 1.54) is 43.6 Å². The van der Waals surface area contributed by atoms with Gasteiger partial charge in [0.05, 0.1) is 24.4 Å². The fraction of sp³-hybridized carbons (Fsp3) is 0.727. The normalized spacial score (nSPS) is 25.3. The highest BCUT2D eigenvalue weighted by Gasteiger charge is 2.51. The first-order valence-corrected chi connectivity index (χ1v) is 10.9. The molecule has 1 aromatic rings. The maximum Gasteiger partial charge on any atom is 0.494 e. The summed E-state index contributed by atoms with van der Waals surface area (Å²) >= 11 is 0. The molecule has 6 heteroatoms. The zero-order chi connectivity index (χ0) is 19.8. The Morgan fingerprint density at radius 1 is 0.893 bits per heavy atom. The molecular weight excluding hydrogens is 351 g/mol. The fourth-order valence-electron chi connectivity index (χ4n) is 4.33. The first-order valence-electron chi connectivity index (χ1n) is 10.9. The van der Waals surface area contributed by atoms with E-state index in [1.807, 2.05) is 0 Å². The molecule has 0 unspecified atom stereocenters. The van der Waals surface area contributed by atoms with Crippen LogP contribution in [0.1, 0.15) is 52.5 Å². The fourth-order valence-corrected chi connectivity index (χ4v) is 4.33. The molecule has 154 valence electrons. The lowest BCUT2D eigenvalue weighted by molar-refractivity contribution is 0.00578. The van der Waals surface area contributed by atoms with Crippen LogP contribution in [0.4, 0.5) is 5.69 Å². The van der Waals surface area contributed by atoms with E-state index in [0.29, 0.717) is 0 Å². The Labute approximate surface area is 170 Å². The van der Waals surface area contributed by atoms with Gasteiger partial charge in [0.25, 0.3) is 0 Å². The molecule has 3 fully saturated rings. The summed E-state index contributed by atoms with van der Waals surface area (Å²) in [6, 6.07) is 6.78. The van der Waals surface area contributed by atoms with E-state index in [0.717, 1.165) is 38.3 Å². The van der Waals surface area contributed by atoms with Gasteiger partial charge in [-0.2, -0.15) is 0 Å². The van der Waals surface area contributed by atoms with Crippen molar-refractivity contribution in [2.45, 2.75) is 64.7 Å². The molecule has 3 aliphatic heterocycles. The van der Waals surface area contributed by atoms with Gasteiger partial charge in [-0.3, -0.25) is 4.90 Å². The molecule has 28 heavy (non-hydrogen) atoms. The minimum absolute atomic E-state index is 0.302. The van der Waals surface area contributed by atoms with Gasteiger partial charge in [0.1, 0.15) is 0 Å². The van der Waals surface area contributed by atoms with Crippen molar-refractivity contribution in [3.05, 3.63) is 23.8 Å². The van der Waals surface area contributed by atoms with Gasteiger partial charge in [-0.05, 0) is 70.7 Å². The Morgan fingerprint density at radius 2 is 1.54 bits per heavy atom. The lowest BCUT2D eigenvalue weighted by Gasteiger charge is -2.33. The topological polar surface area (TPSA) is 34.2 Å². The van der Waals surface area contributed by atoms with Gasteiger partial charge in [0.2, 0.25) is 0 Å². The predicted octanol–water partition coefficient (Wildman–Crippen LogP) is 2.81. The van der Waals surface area contributed by atoms with Gasteiger partial charge in [-0.25, -0.2) is 0 Å². The van der Waals surface area contributed by atoms with E-state index in [9.17, 15) is 0 Å². The molecule has 0 amide bonds. The van der Waals surface area contributed by atoms with E-state index >= 15 is 0 Å². The number of hydrogen-bond acceptors (Lipinski definition) is 5. The third-order valence-electron chi connectivity index (χ3n) is 6.82. The average molecular weight is 386 g/mol. The third kappa shape index (κ3) is 4.11. The van der Waals surface area contributed by atoms with Crippen molar-refractivity contribution in [2.75, 3.05) is 44.3 Å². The number of piperidine rings is 1. The van der Waals surface area contributed by atoms with Gasteiger partial charge in [-0.15, -0.1) is 0 Å². The molecule has 0 aromatic heterocycles. The zero-order valence-electron chi connectivity index (χ0n) is 18.0. The molecule has 3 aliphatic rings. The molecule has 4 rings (SSSR count). The van der Waals surface area contributed by atoms with Crippen molar-refractivity contribution in [3.8, 4) is 0 Å². The van der Waals surface area contributed by atoms with Crippen molar-refractivity contribution in [2.24, 2.45) is 0 Å². The molecule has 0 aliphatic carbocycles. The Morgan fingerprint density at radius 3 is 2.18 bits per heavy atom. The van der Waals surface area contributed by atoms with E-state index in [4.69, 9.17) is 14.0 Å². The smallest absolute Gasteiger partial charge is 0.399 e. The molecule has 0 N–H and O–H groups in total. The number of ether oxygens (including phenoxy) is 1. The van der Waals surface area contributed by atoms with Crippen LogP contribution in [0.5, 0.6) is 0 Å². The molecule has 0 radical (unpaired) electrons. The molecule has 1 aromatic carbocycles. The lowest BCUT2D eigenvalue weighted by Crippen LogP contribution is -2.41. The molecule has 5 nitrogen and oxygen atoms in total. The molecule has 0 spiro atoms. The second-order valence-corrected chi connectivity index (χ2v) is 9.41. The SMILES string of the molecule is CC1(C)OB(c2ccc(N3CCOCC3)c(CN3CCCCC3)c2)OC1(C)C. The van der Waals surface area contributed by atoms with Crippen LogP contribution in [0.15, 0.2) is 18.2 Å². The zero-order valence-corrected chi connectivity index (χ0v) is 18.0. The van der Waals surface area contributed by atoms with E-state index in [-0.39, 0.29) is 18.3 Å². The second-order valence-electron chi connectivity index (χ2n) is 9.41. The van der Waals surface area contributed by atoms with E-state index in [1.54, 1.807) is 0 Å². The van der Waals surface area contributed by atoms with Crippen molar-refractivity contribution < 1.29 is 14.0 Å². The van der Waals surface area contributed by atoms with Crippen molar-refractivity contribution in [3.63, 3.8) is 0 Å². The van der Waals surface area contributed by atoms with Crippen LogP contribution in [0.25, 0.3) is 0 Å². The van der Waals surface area contributed by atoms with Crippen LogP contribution in [0, 0.1) is 0 Å². The number of morpholine rings is 1. The number of rotatable bonds is 4. The molecule has 0 atom stereocenters. The summed E-state index contributed by atoms with van der Waals surface area (Å²) in [7, 11) is -0.302. The van der Waals surface area contributed by atoms with Crippen LogP contribution in [-0.2, 0) is 20.6 Å². The number of nitrogens with zero attached hydrogens (tertiary/aromatic N) is 2. The largest absolute Gasteiger partial charge is 0.494 e. The number of anilines is 1. The number of likely N-dealkylation sites (tertiary alicyclic amines) is 1. The minimum atomic E-state index is -0.312. The van der Waals surface area contributed by atoms with Gasteiger partial charge >= 0.3 is 7.12 Å². The Balaban J connectivity index is 1.61. The highest BCUT2D eigenvalue weighted by Crippen LogP contribution is 2.37. The quantitative estimate of drug-likeness (QED) is 0.744. The van der Waals surface area contributed by atoms with Gasteiger partial charge in [-0.1, -0.05) is 18.6 Å². The van der Waals surface area contributed by atoms with Crippen molar-refractivity contribution in [1.82, 2.24) is 4.90 Å². The summed E-state index contributed by atoms with van der Waals surface area (Å²) in [5, 5.41) is 0. The van der Waals surface area contributed by atoms with Crippen molar-refractivity contribution >= 4 is 18.3 Å². The molecular formula is C22H35BN2O3. The van der Waals surface area contributed by atoms with Gasteiger partial charge in [0, 0.05) is 25.3 Å². The van der Waals surface area contributed by atoms with Crippen LogP contribution in [-0.4, -0.2) is 62.6 Å². The number of hydrogen-bond donors (Lipinski definition) is 0. The van der Waals surface area contributed by atoms with Crippen LogP contribution in [0.3, 0.4) is 0 Å². The summed E-state index contributed by atoms with van der Waals surface area (Å²) in [5.74, 6) is 0. The summed E-state index contributed by atoms with van der Waals surface area (Å²) in [6.45, 7) is 15.4. The van der Waals surface area contributed by atoms with Crippen molar-refractivity contribution in [1.29, 1.82) is 0 Å². The summed E-state index contributed by atoms with van der Waals surface area (Å²) in [4.78, 5) is 5.06. The minimum Gasteiger partial charge on any atom is -0.399 e. The van der Waals surface area contributed by atoms with E-state index in [2.05, 4.69) is 55.7 Å². The Hall–Kier alpha value is -1.08. The molecule has 0 saturated carbocycles. The third-order valence-corrected chi connectivity index (χ3v) is 6.82. The summed E-state index contributed by atoms with van der Waals surface area (Å²) in [6.07, 6.45) is 3.98. The Bertz CT molecular complexity index is 666. The monoisotopic (exact) mass is 386 g/mol. The van der Waals surface area contributed by atoms with Gasteiger partial charge in [0.15, 0.2) is 0 Å². The maximum absolute atomic E-state index is 6.31. The lowest BCUT2D eigenvalue weighted by atomic mass is 9.78. The highest BCUT2D eigenvalue weighted by molar-refractivity contribution is 6.62. The summed E-state index contributed by atoms with van der Waals surface area (Å²) in [5.41, 5.74) is 3.23. The number of benzene rings is 1.